The number of pyridine rings is 1. The Bertz CT molecular complexity index is 1490. The maximum atomic E-state index is 13.5. The zero-order valence-electron chi connectivity index (χ0n) is 21.9. The molecule has 0 radical (unpaired) electrons. The van der Waals surface area contributed by atoms with Crippen molar-refractivity contribution in [3.63, 3.8) is 0 Å². The zero-order chi connectivity index (χ0) is 27.0. The number of rotatable bonds is 7. The largest absolute Gasteiger partial charge is 0.439 e. The average molecular weight is 545 g/mol. The molecule has 1 aliphatic heterocycles. The second kappa shape index (κ2) is 10.2. The number of oxazole rings is 1. The number of benzene rings is 1. The number of hydrogen-bond donors (Lipinski definition) is 0. The molecule has 3 aromatic rings. The summed E-state index contributed by atoms with van der Waals surface area (Å²) < 4.78 is 30.2. The van der Waals surface area contributed by atoms with Gasteiger partial charge in [-0.3, -0.25) is 9.78 Å². The van der Waals surface area contributed by atoms with E-state index in [-0.39, 0.29) is 29.1 Å². The van der Waals surface area contributed by atoms with E-state index in [4.69, 9.17) is 9.40 Å². The normalized spacial score (nSPS) is 23.6. The molecule has 0 spiro atoms. The molecule has 1 aromatic carbocycles. The van der Waals surface area contributed by atoms with E-state index in [1.54, 1.807) is 6.20 Å². The average Bonchev–Trinajstić information content (AvgIpc) is 3.60. The fraction of sp³-hybridized carbons (Fsp3) is 0.467. The summed E-state index contributed by atoms with van der Waals surface area (Å²) in [6, 6.07) is 16.0. The van der Waals surface area contributed by atoms with Crippen LogP contribution in [0.2, 0.25) is 0 Å². The lowest BCUT2D eigenvalue weighted by atomic mass is 9.73. The van der Waals surface area contributed by atoms with Crippen molar-refractivity contribution in [2.24, 2.45) is 11.3 Å². The molecule has 2 saturated carbocycles. The van der Waals surface area contributed by atoms with E-state index in [0.717, 1.165) is 55.5 Å². The van der Waals surface area contributed by atoms with Gasteiger partial charge in [0.05, 0.1) is 23.0 Å². The first kappa shape index (κ1) is 25.8. The molecule has 3 fully saturated rings. The first-order valence-electron chi connectivity index (χ1n) is 13.8. The zero-order valence-corrected chi connectivity index (χ0v) is 22.7. The third kappa shape index (κ3) is 5.35. The Morgan fingerprint density at radius 1 is 1.08 bits per heavy atom. The summed E-state index contributed by atoms with van der Waals surface area (Å²) in [6.07, 6.45) is 7.26. The van der Waals surface area contributed by atoms with Gasteiger partial charge in [0.2, 0.25) is 5.89 Å². The second-order valence-electron chi connectivity index (χ2n) is 11.2. The number of ketones is 1. The van der Waals surface area contributed by atoms with Crippen molar-refractivity contribution in [3.05, 3.63) is 54.4 Å². The van der Waals surface area contributed by atoms with Crippen molar-refractivity contribution < 1.29 is 17.6 Å². The number of hydrogen-bond acceptors (Lipinski definition) is 8. The number of carbonyl (C=O) groups excluding carboxylic acids is 1. The molecule has 8 nitrogen and oxygen atoms in total. The predicted octanol–water partition coefficient (Wildman–Crippen LogP) is 5.18. The predicted molar refractivity (Wildman–Crippen MR) is 148 cm³/mol. The smallest absolute Gasteiger partial charge is 0.245 e. The highest BCUT2D eigenvalue weighted by Gasteiger charge is 2.47. The summed E-state index contributed by atoms with van der Waals surface area (Å²) >= 11 is 0. The van der Waals surface area contributed by atoms with Crippen LogP contribution in [0.15, 0.2) is 53.1 Å². The summed E-state index contributed by atoms with van der Waals surface area (Å²) in [6.45, 7) is 0.966. The van der Waals surface area contributed by atoms with Crippen LogP contribution in [0.5, 0.6) is 0 Å². The van der Waals surface area contributed by atoms with Gasteiger partial charge in [-0.25, -0.2) is 13.4 Å². The molecule has 0 bridgehead atoms. The minimum Gasteiger partial charge on any atom is -0.439 e. The fourth-order valence-electron chi connectivity index (χ4n) is 5.96. The van der Waals surface area contributed by atoms with E-state index in [1.807, 2.05) is 42.5 Å². The Hall–Kier alpha value is -3.51. The molecule has 0 N–H and O–H groups in total. The van der Waals surface area contributed by atoms with E-state index in [9.17, 15) is 18.5 Å². The topological polar surface area (TPSA) is 117 Å². The van der Waals surface area contributed by atoms with Crippen LogP contribution in [0.4, 0.5) is 5.69 Å². The van der Waals surface area contributed by atoms with Gasteiger partial charge in [-0.15, -0.1) is 0 Å². The van der Waals surface area contributed by atoms with Crippen LogP contribution >= 0.6 is 0 Å². The molecule has 0 unspecified atom stereocenters. The van der Waals surface area contributed by atoms with Gasteiger partial charge in [0, 0.05) is 48.8 Å². The summed E-state index contributed by atoms with van der Waals surface area (Å²) in [5.74, 6) is 1.34. The van der Waals surface area contributed by atoms with E-state index in [2.05, 4.69) is 16.0 Å². The number of sulfone groups is 1. The molecule has 6 rings (SSSR count). The number of aromatic nitrogens is 2. The first-order valence-corrected chi connectivity index (χ1v) is 15.6. The molecule has 3 heterocycles. The van der Waals surface area contributed by atoms with Crippen LogP contribution in [0.1, 0.15) is 56.6 Å². The molecule has 1 saturated heterocycles. The molecule has 0 amide bonds. The van der Waals surface area contributed by atoms with Crippen molar-refractivity contribution in [3.8, 4) is 28.9 Å². The Kier molecular flexibility index (Phi) is 6.76. The maximum absolute atomic E-state index is 13.5. The Morgan fingerprint density at radius 3 is 2.49 bits per heavy atom. The monoisotopic (exact) mass is 544 g/mol. The van der Waals surface area contributed by atoms with Crippen LogP contribution < -0.4 is 4.90 Å². The number of Topliss-reactive ketones (excluding diaryl/α,β-unsaturated/α-hetero) is 1. The molecule has 2 aliphatic carbocycles. The van der Waals surface area contributed by atoms with Gasteiger partial charge in [0.15, 0.2) is 9.84 Å². The van der Waals surface area contributed by atoms with E-state index in [1.165, 1.54) is 0 Å². The third-order valence-electron chi connectivity index (χ3n) is 8.51. The van der Waals surface area contributed by atoms with Gasteiger partial charge in [-0.1, -0.05) is 31.0 Å². The van der Waals surface area contributed by atoms with Crippen molar-refractivity contribution in [1.29, 1.82) is 5.26 Å². The van der Waals surface area contributed by atoms with Crippen LogP contribution in [-0.4, -0.2) is 48.8 Å². The Morgan fingerprint density at radius 2 is 1.82 bits per heavy atom. The minimum atomic E-state index is -2.95. The summed E-state index contributed by atoms with van der Waals surface area (Å²) in [5.41, 5.74) is 2.75. The van der Waals surface area contributed by atoms with Crippen LogP contribution in [-0.2, 0) is 14.6 Å². The van der Waals surface area contributed by atoms with E-state index in [0.29, 0.717) is 36.9 Å². The molecule has 202 valence electrons. The molecule has 2 atom stereocenters. The fourth-order valence-corrected chi connectivity index (χ4v) is 7.16. The van der Waals surface area contributed by atoms with Gasteiger partial charge in [-0.05, 0) is 49.9 Å². The lowest BCUT2D eigenvalue weighted by Gasteiger charge is -2.30. The highest BCUT2D eigenvalue weighted by molar-refractivity contribution is 7.91. The Balaban J connectivity index is 1.34. The maximum Gasteiger partial charge on any atom is 0.245 e. The number of nitriles is 1. The third-order valence-corrected chi connectivity index (χ3v) is 10.1. The molecule has 9 heteroatoms. The van der Waals surface area contributed by atoms with Gasteiger partial charge in [0.1, 0.15) is 22.9 Å². The van der Waals surface area contributed by atoms with Crippen LogP contribution in [0, 0.1) is 22.7 Å². The number of nitrogens with zero attached hydrogens (tertiary/aromatic N) is 4. The summed E-state index contributed by atoms with van der Waals surface area (Å²) in [4.78, 5) is 24.9. The van der Waals surface area contributed by atoms with Crippen molar-refractivity contribution in [2.45, 2.75) is 50.9 Å². The van der Waals surface area contributed by atoms with Gasteiger partial charge in [0.25, 0.3) is 0 Å². The molecular weight excluding hydrogens is 512 g/mol. The van der Waals surface area contributed by atoms with Gasteiger partial charge < -0.3 is 9.32 Å². The summed E-state index contributed by atoms with van der Waals surface area (Å²) in [5, 5.41) is 9.58. The highest BCUT2D eigenvalue weighted by Crippen LogP contribution is 2.51. The van der Waals surface area contributed by atoms with Crippen molar-refractivity contribution >= 4 is 21.3 Å². The minimum absolute atomic E-state index is 0.104. The molecule has 39 heavy (non-hydrogen) atoms. The lowest BCUT2D eigenvalue weighted by Crippen LogP contribution is -2.40. The molecule has 2 aromatic heterocycles. The first-order chi connectivity index (χ1) is 18.9. The van der Waals surface area contributed by atoms with Crippen molar-refractivity contribution in [2.75, 3.05) is 29.5 Å². The van der Waals surface area contributed by atoms with E-state index < -0.39 is 15.3 Å². The highest BCUT2D eigenvalue weighted by atomic mass is 32.2. The summed E-state index contributed by atoms with van der Waals surface area (Å²) in [7, 11) is -2.95. The number of anilines is 1. The molecular formula is C30H32N4O4S. The Labute approximate surface area is 229 Å². The molecule has 3 aliphatic rings. The second-order valence-corrected chi connectivity index (χ2v) is 13.5. The van der Waals surface area contributed by atoms with Crippen molar-refractivity contribution in [1.82, 2.24) is 9.97 Å². The SMILES string of the molecule is N#CC1(CC(=O)[C@@H]2CCCC[C@H]2c2oc(-c3ccccn3)nc2-c2ccc(N3CCS(=O)(=O)CC3)cc2)CC1. The van der Waals surface area contributed by atoms with Gasteiger partial charge >= 0.3 is 0 Å². The lowest BCUT2D eigenvalue weighted by molar-refractivity contribution is -0.125. The van der Waals surface area contributed by atoms with Crippen LogP contribution in [0.25, 0.3) is 22.8 Å². The van der Waals surface area contributed by atoms with Crippen LogP contribution in [0.3, 0.4) is 0 Å². The van der Waals surface area contributed by atoms with E-state index >= 15 is 0 Å². The standard InChI is InChI=1S/C30H32N4O4S/c31-20-30(12-13-30)19-26(35)23-5-1-2-6-24(23)28-27(33-29(38-28)25-7-3-4-14-32-25)21-8-10-22(11-9-21)34-15-17-39(36,37)18-16-34/h3-4,7-11,14,23-24H,1-2,5-6,12-13,15-19H2/t23-,24-/m1/s1. The quantitative estimate of drug-likeness (QED) is 0.400. The number of carbonyl (C=O) groups is 1. The van der Waals surface area contributed by atoms with Gasteiger partial charge in [-0.2, -0.15) is 5.26 Å².